The Bertz CT molecular complexity index is 998. The summed E-state index contributed by atoms with van der Waals surface area (Å²) in [6.45, 7) is 4.22. The lowest BCUT2D eigenvalue weighted by Gasteiger charge is -2.06. The van der Waals surface area contributed by atoms with E-state index in [2.05, 4.69) is 16.4 Å². The number of nitrogens with one attached hydrogen (secondary N) is 1. The van der Waals surface area contributed by atoms with Crippen molar-refractivity contribution in [3.8, 4) is 17.2 Å². The molecule has 138 valence electrons. The second kappa shape index (κ2) is 7.00. The fourth-order valence-electron chi connectivity index (χ4n) is 2.89. The number of carbonyl (C=O) groups is 1. The molecule has 0 spiro atoms. The van der Waals surface area contributed by atoms with Crippen molar-refractivity contribution < 1.29 is 19.0 Å². The molecule has 1 fully saturated rings. The minimum atomic E-state index is -0.191. The second-order valence-corrected chi connectivity index (χ2v) is 7.25. The molecule has 2 heterocycles. The molecule has 6 nitrogen and oxygen atoms in total. The first-order chi connectivity index (χ1) is 13.0. The maximum Gasteiger partial charge on any atom is 0.264 e. The number of carbonyl (C=O) groups excluding carboxylic acids is 1. The highest BCUT2D eigenvalue weighted by molar-refractivity contribution is 8.18. The number of rotatable bonds is 3. The maximum absolute atomic E-state index is 12.4. The van der Waals surface area contributed by atoms with Crippen molar-refractivity contribution in [2.45, 2.75) is 13.8 Å². The quantitative estimate of drug-likeness (QED) is 0.815. The Morgan fingerprint density at radius 1 is 1.19 bits per heavy atom. The average molecular weight is 382 g/mol. The van der Waals surface area contributed by atoms with Crippen LogP contribution < -0.4 is 19.5 Å². The molecule has 2 aromatic rings. The van der Waals surface area contributed by atoms with Crippen molar-refractivity contribution in [2.24, 2.45) is 4.99 Å². The van der Waals surface area contributed by atoms with Crippen LogP contribution in [0.3, 0.4) is 0 Å². The minimum Gasteiger partial charge on any atom is -0.496 e. The summed E-state index contributed by atoms with van der Waals surface area (Å²) in [5, 5.41) is 3.37. The highest BCUT2D eigenvalue weighted by Gasteiger charge is 2.25. The standard InChI is InChI=1S/C20H18N2O4S/c1-11-4-5-14(12(2)6-11)21-20-22-19(23)18(27-20)8-13-7-16-17(26-10-25-16)9-15(13)24-3/h4-9H,10H2,1-3H3,(H,21,22,23). The Hall–Kier alpha value is -2.93. The highest BCUT2D eigenvalue weighted by atomic mass is 32.2. The molecule has 7 heteroatoms. The third kappa shape index (κ3) is 3.50. The third-order valence-corrected chi connectivity index (χ3v) is 5.15. The predicted molar refractivity (Wildman–Crippen MR) is 106 cm³/mol. The Morgan fingerprint density at radius 3 is 2.70 bits per heavy atom. The van der Waals surface area contributed by atoms with E-state index >= 15 is 0 Å². The van der Waals surface area contributed by atoms with Gasteiger partial charge in [0.1, 0.15) is 5.75 Å². The monoisotopic (exact) mass is 382 g/mol. The summed E-state index contributed by atoms with van der Waals surface area (Å²) in [6, 6.07) is 9.59. The number of fused-ring (bicyclic) bond motifs is 1. The number of hydrogen-bond donors (Lipinski definition) is 1. The zero-order chi connectivity index (χ0) is 19.0. The first kappa shape index (κ1) is 17.5. The Balaban J connectivity index is 1.64. The van der Waals surface area contributed by atoms with Gasteiger partial charge in [-0.25, -0.2) is 4.99 Å². The Morgan fingerprint density at radius 2 is 1.96 bits per heavy atom. The van der Waals surface area contributed by atoms with Crippen LogP contribution in [0, 0.1) is 13.8 Å². The van der Waals surface area contributed by atoms with Gasteiger partial charge >= 0.3 is 0 Å². The summed E-state index contributed by atoms with van der Waals surface area (Å²) in [6.07, 6.45) is 1.77. The van der Waals surface area contributed by atoms with Crippen LogP contribution in [0.25, 0.3) is 6.08 Å². The van der Waals surface area contributed by atoms with Gasteiger partial charge in [-0.1, -0.05) is 17.7 Å². The van der Waals surface area contributed by atoms with E-state index in [0.717, 1.165) is 16.8 Å². The fourth-order valence-corrected chi connectivity index (χ4v) is 3.72. The fraction of sp³-hybridized carbons (Fsp3) is 0.200. The van der Waals surface area contributed by atoms with Gasteiger partial charge in [0, 0.05) is 11.6 Å². The van der Waals surface area contributed by atoms with E-state index < -0.39 is 0 Å². The Kier molecular flexibility index (Phi) is 4.53. The number of nitrogens with zero attached hydrogens (tertiary/aromatic N) is 1. The predicted octanol–water partition coefficient (Wildman–Crippen LogP) is 3.93. The number of aliphatic imine (C=N–C) groups is 1. The van der Waals surface area contributed by atoms with Gasteiger partial charge in [-0.05, 0) is 49.4 Å². The van der Waals surface area contributed by atoms with Crippen LogP contribution in [0.15, 0.2) is 40.2 Å². The molecule has 0 aliphatic carbocycles. The first-order valence-electron chi connectivity index (χ1n) is 8.38. The summed E-state index contributed by atoms with van der Waals surface area (Å²) in [7, 11) is 1.58. The molecule has 0 atom stereocenters. The van der Waals surface area contributed by atoms with E-state index in [1.165, 1.54) is 17.3 Å². The largest absolute Gasteiger partial charge is 0.496 e. The van der Waals surface area contributed by atoms with Gasteiger partial charge in [-0.2, -0.15) is 0 Å². The number of aryl methyl sites for hydroxylation is 2. The summed E-state index contributed by atoms with van der Waals surface area (Å²) < 4.78 is 16.2. The van der Waals surface area contributed by atoms with Crippen molar-refractivity contribution in [3.05, 3.63) is 51.9 Å². The van der Waals surface area contributed by atoms with Gasteiger partial charge in [0.25, 0.3) is 5.91 Å². The summed E-state index contributed by atoms with van der Waals surface area (Å²) in [5.41, 5.74) is 3.82. The number of benzene rings is 2. The smallest absolute Gasteiger partial charge is 0.264 e. The first-order valence-corrected chi connectivity index (χ1v) is 9.19. The van der Waals surface area contributed by atoms with Crippen LogP contribution >= 0.6 is 11.8 Å². The molecule has 2 aliphatic heterocycles. The number of amidine groups is 1. The molecule has 0 radical (unpaired) electrons. The molecule has 2 aliphatic rings. The van der Waals surface area contributed by atoms with Crippen molar-refractivity contribution >= 4 is 34.6 Å². The molecule has 0 aromatic heterocycles. The van der Waals surface area contributed by atoms with Gasteiger partial charge in [-0.15, -0.1) is 0 Å². The van der Waals surface area contributed by atoms with E-state index in [-0.39, 0.29) is 12.7 Å². The van der Waals surface area contributed by atoms with Crippen molar-refractivity contribution in [1.29, 1.82) is 0 Å². The lowest BCUT2D eigenvalue weighted by Crippen LogP contribution is -2.19. The van der Waals surface area contributed by atoms with Crippen LogP contribution in [-0.4, -0.2) is 25.0 Å². The van der Waals surface area contributed by atoms with Crippen LogP contribution in [-0.2, 0) is 4.79 Å². The second-order valence-electron chi connectivity index (χ2n) is 6.22. The van der Waals surface area contributed by atoms with Crippen LogP contribution in [0.1, 0.15) is 16.7 Å². The number of hydrogen-bond acceptors (Lipinski definition) is 6. The van der Waals surface area contributed by atoms with Gasteiger partial charge in [-0.3, -0.25) is 4.79 Å². The van der Waals surface area contributed by atoms with E-state index in [9.17, 15) is 4.79 Å². The average Bonchev–Trinajstić information content (AvgIpc) is 3.23. The SMILES string of the molecule is COc1cc2c(cc1C=C1SC(=Nc3ccc(C)cc3C)NC1=O)OCO2. The third-order valence-electron chi connectivity index (χ3n) is 4.24. The van der Waals surface area contributed by atoms with Crippen LogP contribution in [0.2, 0.25) is 0 Å². The molecule has 0 unspecified atom stereocenters. The Labute approximate surface area is 161 Å². The van der Waals surface area contributed by atoms with E-state index in [1.807, 2.05) is 26.0 Å². The van der Waals surface area contributed by atoms with Crippen LogP contribution in [0.5, 0.6) is 17.2 Å². The van der Waals surface area contributed by atoms with E-state index in [1.54, 1.807) is 25.3 Å². The molecule has 27 heavy (non-hydrogen) atoms. The van der Waals surface area contributed by atoms with Crippen LogP contribution in [0.4, 0.5) is 5.69 Å². The lowest BCUT2D eigenvalue weighted by molar-refractivity contribution is -0.115. The molecule has 1 saturated heterocycles. The van der Waals surface area contributed by atoms with E-state index in [0.29, 0.717) is 27.3 Å². The van der Waals surface area contributed by atoms with Crippen molar-refractivity contribution in [2.75, 3.05) is 13.9 Å². The molecule has 2 aromatic carbocycles. The number of ether oxygens (including phenoxy) is 3. The summed E-state index contributed by atoms with van der Waals surface area (Å²) in [4.78, 5) is 17.5. The summed E-state index contributed by atoms with van der Waals surface area (Å²) >= 11 is 1.30. The minimum absolute atomic E-state index is 0.181. The molecule has 1 N–H and O–H groups in total. The summed E-state index contributed by atoms with van der Waals surface area (Å²) in [5.74, 6) is 1.69. The maximum atomic E-state index is 12.4. The zero-order valence-electron chi connectivity index (χ0n) is 15.2. The molecular weight excluding hydrogens is 364 g/mol. The molecule has 1 amide bonds. The topological polar surface area (TPSA) is 69.2 Å². The van der Waals surface area contributed by atoms with Crippen molar-refractivity contribution in [3.63, 3.8) is 0 Å². The van der Waals surface area contributed by atoms with Gasteiger partial charge < -0.3 is 19.5 Å². The normalized spacial score (nSPS) is 18.3. The molecule has 4 rings (SSSR count). The molecular formula is C20H18N2O4S. The van der Waals surface area contributed by atoms with Gasteiger partial charge in [0.2, 0.25) is 6.79 Å². The number of amides is 1. The lowest BCUT2D eigenvalue weighted by atomic mass is 10.1. The van der Waals surface area contributed by atoms with Crippen molar-refractivity contribution in [1.82, 2.24) is 5.32 Å². The number of thioether (sulfide) groups is 1. The zero-order valence-corrected chi connectivity index (χ0v) is 16.0. The molecule has 0 saturated carbocycles. The van der Waals surface area contributed by atoms with E-state index in [4.69, 9.17) is 14.2 Å². The van der Waals surface area contributed by atoms with Gasteiger partial charge in [0.05, 0.1) is 17.7 Å². The van der Waals surface area contributed by atoms with Gasteiger partial charge in [0.15, 0.2) is 16.7 Å². The number of methoxy groups -OCH3 is 1. The molecule has 0 bridgehead atoms. The highest BCUT2D eigenvalue weighted by Crippen LogP contribution is 2.40.